The predicted molar refractivity (Wildman–Crippen MR) is 78.0 cm³/mol. The third kappa shape index (κ3) is 3.90. The number of hydrogen-bond donors (Lipinski definition) is 2. The topological polar surface area (TPSA) is 37.0 Å². The van der Waals surface area contributed by atoms with Gasteiger partial charge in [-0.15, -0.1) is 0 Å². The Labute approximate surface area is 110 Å². The van der Waals surface area contributed by atoms with Crippen molar-refractivity contribution in [3.63, 3.8) is 0 Å². The minimum Gasteiger partial charge on any atom is -0.387 e. The Bertz CT molecular complexity index is 357. The molecule has 0 atom stereocenters. The van der Waals surface area contributed by atoms with Crippen LogP contribution in [0, 0.1) is 11.8 Å². The molecule has 0 amide bonds. The van der Waals surface area contributed by atoms with Gasteiger partial charge in [0.25, 0.3) is 0 Å². The highest BCUT2D eigenvalue weighted by molar-refractivity contribution is 5.53. The predicted octanol–water partition coefficient (Wildman–Crippen LogP) is 3.75. The van der Waals surface area contributed by atoms with Crippen LogP contribution in [-0.2, 0) is 0 Å². The van der Waals surface area contributed by atoms with E-state index in [-0.39, 0.29) is 0 Å². The Kier molecular flexibility index (Phi) is 4.85. The molecule has 0 unspecified atom stereocenters. The molecule has 3 nitrogen and oxygen atoms in total. The maximum atomic E-state index is 4.21. The second-order valence-electron chi connectivity index (χ2n) is 5.55. The van der Waals surface area contributed by atoms with E-state index in [9.17, 15) is 0 Å². The summed E-state index contributed by atoms with van der Waals surface area (Å²) in [6.45, 7) is 3.44. The van der Waals surface area contributed by atoms with Crippen LogP contribution in [0.3, 0.4) is 0 Å². The maximum Gasteiger partial charge on any atom is 0.0547 e. The molecule has 0 spiro atoms. The van der Waals surface area contributed by atoms with Crippen LogP contribution in [0.15, 0.2) is 18.5 Å². The number of nitrogens with zero attached hydrogens (tertiary/aromatic N) is 1. The SMILES string of the molecule is CNc1cncc(NCCC2CCC(C)CC2)c1. The Hall–Kier alpha value is -1.25. The number of pyridine rings is 1. The lowest BCUT2D eigenvalue weighted by Gasteiger charge is -2.26. The number of nitrogens with one attached hydrogen (secondary N) is 2. The van der Waals surface area contributed by atoms with Crippen molar-refractivity contribution in [2.75, 3.05) is 24.2 Å². The van der Waals surface area contributed by atoms with Gasteiger partial charge in [-0.05, 0) is 24.3 Å². The molecule has 0 saturated heterocycles. The summed E-state index contributed by atoms with van der Waals surface area (Å²) in [6.07, 6.45) is 10.7. The van der Waals surface area contributed by atoms with E-state index in [0.29, 0.717) is 0 Å². The van der Waals surface area contributed by atoms with Crippen LogP contribution >= 0.6 is 0 Å². The van der Waals surface area contributed by atoms with Crippen molar-refractivity contribution in [2.45, 2.75) is 39.0 Å². The summed E-state index contributed by atoms with van der Waals surface area (Å²) in [5.41, 5.74) is 2.18. The fourth-order valence-electron chi connectivity index (χ4n) is 2.71. The van der Waals surface area contributed by atoms with E-state index in [1.54, 1.807) is 0 Å². The average molecular weight is 247 g/mol. The maximum absolute atomic E-state index is 4.21. The Morgan fingerprint density at radius 2 is 1.89 bits per heavy atom. The number of rotatable bonds is 5. The molecule has 1 saturated carbocycles. The molecule has 1 aliphatic rings. The van der Waals surface area contributed by atoms with Crippen molar-refractivity contribution >= 4 is 11.4 Å². The van der Waals surface area contributed by atoms with Gasteiger partial charge >= 0.3 is 0 Å². The smallest absolute Gasteiger partial charge is 0.0547 e. The largest absolute Gasteiger partial charge is 0.387 e. The molecule has 0 aromatic carbocycles. The number of anilines is 2. The van der Waals surface area contributed by atoms with Gasteiger partial charge in [0.2, 0.25) is 0 Å². The van der Waals surface area contributed by atoms with Gasteiger partial charge < -0.3 is 10.6 Å². The van der Waals surface area contributed by atoms with E-state index >= 15 is 0 Å². The van der Waals surface area contributed by atoms with Crippen molar-refractivity contribution in [1.82, 2.24) is 4.98 Å². The normalized spacial score (nSPS) is 23.7. The van der Waals surface area contributed by atoms with Gasteiger partial charge in [0.15, 0.2) is 0 Å². The first-order chi connectivity index (χ1) is 8.78. The monoisotopic (exact) mass is 247 g/mol. The summed E-state index contributed by atoms with van der Waals surface area (Å²) >= 11 is 0. The molecule has 1 heterocycles. The Morgan fingerprint density at radius 1 is 1.17 bits per heavy atom. The second-order valence-corrected chi connectivity index (χ2v) is 5.55. The van der Waals surface area contributed by atoms with Gasteiger partial charge in [-0.1, -0.05) is 32.6 Å². The van der Waals surface area contributed by atoms with Gasteiger partial charge in [-0.3, -0.25) is 4.98 Å². The number of hydrogen-bond acceptors (Lipinski definition) is 3. The molecule has 1 aliphatic carbocycles. The van der Waals surface area contributed by atoms with Gasteiger partial charge in [0.05, 0.1) is 23.8 Å². The molecule has 2 N–H and O–H groups in total. The zero-order valence-corrected chi connectivity index (χ0v) is 11.6. The summed E-state index contributed by atoms with van der Waals surface area (Å²) in [4.78, 5) is 4.21. The number of aromatic nitrogens is 1. The minimum atomic E-state index is 0.925. The zero-order chi connectivity index (χ0) is 12.8. The van der Waals surface area contributed by atoms with Crippen LogP contribution in [0.4, 0.5) is 11.4 Å². The first-order valence-electron chi connectivity index (χ1n) is 7.14. The van der Waals surface area contributed by atoms with Crippen molar-refractivity contribution in [3.8, 4) is 0 Å². The summed E-state index contributed by atoms with van der Waals surface area (Å²) in [5.74, 6) is 1.87. The lowest BCUT2D eigenvalue weighted by molar-refractivity contribution is 0.282. The molecule has 0 radical (unpaired) electrons. The molecule has 0 bridgehead atoms. The van der Waals surface area contributed by atoms with E-state index in [1.165, 1.54) is 32.1 Å². The lowest BCUT2D eigenvalue weighted by Crippen LogP contribution is -2.15. The molecule has 3 heteroatoms. The Balaban J connectivity index is 1.71. The highest BCUT2D eigenvalue weighted by Crippen LogP contribution is 2.30. The van der Waals surface area contributed by atoms with Crippen LogP contribution in [0.5, 0.6) is 0 Å². The first kappa shape index (κ1) is 13.2. The van der Waals surface area contributed by atoms with Crippen molar-refractivity contribution in [1.29, 1.82) is 0 Å². The molecule has 2 rings (SSSR count). The van der Waals surface area contributed by atoms with Crippen LogP contribution in [0.2, 0.25) is 0 Å². The molecule has 1 fully saturated rings. The van der Waals surface area contributed by atoms with Crippen LogP contribution in [0.1, 0.15) is 39.0 Å². The highest BCUT2D eigenvalue weighted by Gasteiger charge is 2.17. The summed E-state index contributed by atoms with van der Waals surface area (Å²) < 4.78 is 0. The summed E-state index contributed by atoms with van der Waals surface area (Å²) in [5, 5.41) is 6.58. The van der Waals surface area contributed by atoms with E-state index in [2.05, 4.69) is 28.6 Å². The van der Waals surface area contributed by atoms with Gasteiger partial charge in [0, 0.05) is 13.6 Å². The van der Waals surface area contributed by atoms with Crippen molar-refractivity contribution < 1.29 is 0 Å². The summed E-state index contributed by atoms with van der Waals surface area (Å²) in [6, 6.07) is 2.11. The van der Waals surface area contributed by atoms with Gasteiger partial charge in [-0.25, -0.2) is 0 Å². The van der Waals surface area contributed by atoms with Crippen molar-refractivity contribution in [2.24, 2.45) is 11.8 Å². The molecular formula is C15H25N3. The van der Waals surface area contributed by atoms with E-state index < -0.39 is 0 Å². The van der Waals surface area contributed by atoms with E-state index in [0.717, 1.165) is 29.8 Å². The highest BCUT2D eigenvalue weighted by atomic mass is 14.9. The first-order valence-corrected chi connectivity index (χ1v) is 7.14. The van der Waals surface area contributed by atoms with Crippen LogP contribution in [-0.4, -0.2) is 18.6 Å². The molecule has 1 aromatic heterocycles. The van der Waals surface area contributed by atoms with Crippen molar-refractivity contribution in [3.05, 3.63) is 18.5 Å². The molecule has 18 heavy (non-hydrogen) atoms. The van der Waals surface area contributed by atoms with Crippen LogP contribution < -0.4 is 10.6 Å². The molecule has 100 valence electrons. The third-order valence-electron chi connectivity index (χ3n) is 4.04. The molecule has 0 aliphatic heterocycles. The molecule has 1 aromatic rings. The minimum absolute atomic E-state index is 0.925. The lowest BCUT2D eigenvalue weighted by atomic mass is 9.81. The second kappa shape index (κ2) is 6.62. The van der Waals surface area contributed by atoms with Crippen LogP contribution in [0.25, 0.3) is 0 Å². The standard InChI is InChI=1S/C15H25N3/c1-12-3-5-13(6-4-12)7-8-18-15-9-14(16-2)10-17-11-15/h9-13,16,18H,3-8H2,1-2H3. The van der Waals surface area contributed by atoms with Gasteiger partial charge in [0.1, 0.15) is 0 Å². The van der Waals surface area contributed by atoms with Gasteiger partial charge in [-0.2, -0.15) is 0 Å². The fourth-order valence-corrected chi connectivity index (χ4v) is 2.71. The molecular weight excluding hydrogens is 222 g/mol. The van der Waals surface area contributed by atoms with E-state index in [1.807, 2.05) is 19.4 Å². The summed E-state index contributed by atoms with van der Waals surface area (Å²) in [7, 11) is 1.92. The van der Waals surface area contributed by atoms with E-state index in [4.69, 9.17) is 0 Å². The fraction of sp³-hybridized carbons (Fsp3) is 0.667. The zero-order valence-electron chi connectivity index (χ0n) is 11.6. The Morgan fingerprint density at radius 3 is 2.61 bits per heavy atom. The third-order valence-corrected chi connectivity index (χ3v) is 4.04. The average Bonchev–Trinajstić information content (AvgIpc) is 2.41. The quantitative estimate of drug-likeness (QED) is 0.832.